The van der Waals surface area contributed by atoms with Crippen LogP contribution in [0.15, 0.2) is 65.7 Å². The fourth-order valence-electron chi connectivity index (χ4n) is 3.12. The molecule has 0 saturated heterocycles. The van der Waals surface area contributed by atoms with Crippen LogP contribution in [0, 0.1) is 6.92 Å². The van der Waals surface area contributed by atoms with Crippen LogP contribution >= 0.6 is 0 Å². The summed E-state index contributed by atoms with van der Waals surface area (Å²) in [6.45, 7) is 4.46. The van der Waals surface area contributed by atoms with Gasteiger partial charge in [0.1, 0.15) is 18.8 Å². The van der Waals surface area contributed by atoms with E-state index in [2.05, 4.69) is 15.4 Å². The lowest BCUT2D eigenvalue weighted by Crippen LogP contribution is -2.54. The second-order valence-electron chi connectivity index (χ2n) is 6.67. The number of carbonyl (C=O) groups excluding carboxylic acids is 1. The second-order valence-corrected chi connectivity index (χ2v) is 6.67. The van der Waals surface area contributed by atoms with Crippen LogP contribution in [-0.4, -0.2) is 45.4 Å². The van der Waals surface area contributed by atoms with Gasteiger partial charge >= 0.3 is 11.9 Å². The lowest BCUT2D eigenvalue weighted by Gasteiger charge is -2.32. The molecule has 144 valence electrons. The Labute approximate surface area is 163 Å². The SMILES string of the molecule is CC[N+]1(CCc2ccccc2)N=C(C(=O)O)C=C(Nc2cnccc2C)C1=O. The molecule has 2 N–H and O–H groups in total. The van der Waals surface area contributed by atoms with Gasteiger partial charge in [-0.1, -0.05) is 35.4 Å². The smallest absolute Gasteiger partial charge is 0.388 e. The summed E-state index contributed by atoms with van der Waals surface area (Å²) in [6.07, 6.45) is 5.18. The minimum absolute atomic E-state index is 0.140. The lowest BCUT2D eigenvalue weighted by molar-refractivity contribution is -0.857. The minimum Gasteiger partial charge on any atom is -0.476 e. The average molecular weight is 379 g/mol. The molecule has 1 aliphatic rings. The molecule has 2 aromatic rings. The van der Waals surface area contributed by atoms with Gasteiger partial charge in [0.15, 0.2) is 0 Å². The first-order valence-electron chi connectivity index (χ1n) is 9.14. The van der Waals surface area contributed by atoms with E-state index in [9.17, 15) is 14.7 Å². The van der Waals surface area contributed by atoms with Crippen LogP contribution in [-0.2, 0) is 16.0 Å². The van der Waals surface area contributed by atoms with Crippen LogP contribution in [0.4, 0.5) is 5.69 Å². The van der Waals surface area contributed by atoms with E-state index in [1.54, 1.807) is 12.4 Å². The van der Waals surface area contributed by atoms with E-state index in [0.717, 1.165) is 11.1 Å². The number of rotatable bonds is 7. The molecule has 1 aliphatic heterocycles. The zero-order valence-corrected chi connectivity index (χ0v) is 15.9. The molecule has 0 radical (unpaired) electrons. The molecule has 1 aromatic carbocycles. The maximum Gasteiger partial charge on any atom is 0.388 e. The van der Waals surface area contributed by atoms with E-state index in [1.165, 1.54) is 6.08 Å². The first kappa shape index (κ1) is 19.4. The Morgan fingerprint density at radius 2 is 1.96 bits per heavy atom. The molecule has 3 rings (SSSR count). The van der Waals surface area contributed by atoms with Gasteiger partial charge in [0.25, 0.3) is 0 Å². The number of amides is 1. The van der Waals surface area contributed by atoms with E-state index in [4.69, 9.17) is 0 Å². The molecule has 0 bridgehead atoms. The van der Waals surface area contributed by atoms with Crippen molar-refractivity contribution < 1.29 is 19.3 Å². The second kappa shape index (κ2) is 8.14. The number of carboxylic acid groups (broad SMARTS) is 1. The molecular weight excluding hydrogens is 356 g/mol. The number of hydrogen-bond acceptors (Lipinski definition) is 5. The molecular formula is C21H23N4O3+. The highest BCUT2D eigenvalue weighted by atomic mass is 16.4. The van der Waals surface area contributed by atoms with Gasteiger partial charge in [0, 0.05) is 18.7 Å². The summed E-state index contributed by atoms with van der Waals surface area (Å²) in [7, 11) is 0. The highest BCUT2D eigenvalue weighted by molar-refractivity contribution is 6.41. The van der Waals surface area contributed by atoms with E-state index in [1.807, 2.05) is 50.2 Å². The molecule has 0 aliphatic carbocycles. The molecule has 0 fully saturated rings. The van der Waals surface area contributed by atoms with Gasteiger partial charge in [0.2, 0.25) is 5.71 Å². The molecule has 1 atom stereocenters. The van der Waals surface area contributed by atoms with Gasteiger partial charge in [0.05, 0.1) is 11.9 Å². The number of nitrogens with zero attached hydrogens (tertiary/aromatic N) is 3. The largest absolute Gasteiger partial charge is 0.476 e. The number of aliphatic carboxylic acids is 1. The van der Waals surface area contributed by atoms with Crippen molar-refractivity contribution in [1.29, 1.82) is 0 Å². The van der Waals surface area contributed by atoms with Gasteiger partial charge in [-0.25, -0.2) is 9.59 Å². The van der Waals surface area contributed by atoms with Crippen molar-refractivity contribution in [3.05, 3.63) is 71.7 Å². The van der Waals surface area contributed by atoms with Crippen LogP contribution in [0.1, 0.15) is 18.1 Å². The first-order chi connectivity index (χ1) is 13.4. The number of carbonyl (C=O) groups is 2. The van der Waals surface area contributed by atoms with E-state index < -0.39 is 5.97 Å². The topological polar surface area (TPSA) is 91.7 Å². The zero-order chi connectivity index (χ0) is 20.1. The van der Waals surface area contributed by atoms with Crippen molar-refractivity contribution in [2.24, 2.45) is 5.10 Å². The number of anilines is 1. The number of aromatic nitrogens is 1. The standard InChI is InChI=1S/C21H22N4O3/c1-3-25(12-10-16-7-5-4-6-8-16)20(26)17(13-18(24-25)21(27)28)23-19-14-22-11-9-15(19)2/h4-9,11,13-14H,3,10,12H2,1-2H3,(H-,23,24,27,28)/p+1. The summed E-state index contributed by atoms with van der Waals surface area (Å²) in [4.78, 5) is 29.0. The zero-order valence-electron chi connectivity index (χ0n) is 15.9. The van der Waals surface area contributed by atoms with Gasteiger partial charge < -0.3 is 10.4 Å². The highest BCUT2D eigenvalue weighted by Crippen LogP contribution is 2.24. The Hall–Kier alpha value is -3.32. The number of carboxylic acids is 1. The number of likely N-dealkylation sites (N-methyl/N-ethyl adjacent to an activating group) is 1. The summed E-state index contributed by atoms with van der Waals surface area (Å²) in [5, 5.41) is 16.9. The fraction of sp³-hybridized carbons (Fsp3) is 0.238. The minimum atomic E-state index is -1.16. The van der Waals surface area contributed by atoms with Gasteiger partial charge in [-0.3, -0.25) is 4.98 Å². The maximum atomic E-state index is 13.3. The maximum absolute atomic E-state index is 13.3. The summed E-state index contributed by atoms with van der Waals surface area (Å²) in [6, 6.07) is 11.6. The van der Waals surface area contributed by atoms with Crippen molar-refractivity contribution in [2.45, 2.75) is 20.3 Å². The number of hydrogen-bond donors (Lipinski definition) is 2. The molecule has 28 heavy (non-hydrogen) atoms. The van der Waals surface area contributed by atoms with Crippen LogP contribution in [0.5, 0.6) is 0 Å². The Balaban J connectivity index is 1.94. The molecule has 0 saturated carbocycles. The number of nitrogens with one attached hydrogen (secondary N) is 1. The van der Waals surface area contributed by atoms with E-state index >= 15 is 0 Å². The summed E-state index contributed by atoms with van der Waals surface area (Å²) in [5.41, 5.74) is 2.70. The monoisotopic (exact) mass is 379 g/mol. The summed E-state index contributed by atoms with van der Waals surface area (Å²) in [5.74, 6) is -1.42. The predicted molar refractivity (Wildman–Crippen MR) is 107 cm³/mol. The van der Waals surface area contributed by atoms with E-state index in [0.29, 0.717) is 25.2 Å². The van der Waals surface area contributed by atoms with Crippen molar-refractivity contribution in [2.75, 3.05) is 18.4 Å². The number of quaternary nitrogens is 1. The summed E-state index contributed by atoms with van der Waals surface area (Å²) >= 11 is 0. The van der Waals surface area contributed by atoms with Gasteiger partial charge in [-0.2, -0.15) is 0 Å². The van der Waals surface area contributed by atoms with Crippen LogP contribution in [0.3, 0.4) is 0 Å². The predicted octanol–water partition coefficient (Wildman–Crippen LogP) is 2.75. The molecule has 1 aromatic heterocycles. The van der Waals surface area contributed by atoms with Crippen LogP contribution in [0.25, 0.3) is 0 Å². The third-order valence-electron chi connectivity index (χ3n) is 4.85. The van der Waals surface area contributed by atoms with Crippen LogP contribution < -0.4 is 5.32 Å². The molecule has 7 nitrogen and oxygen atoms in total. The van der Waals surface area contributed by atoms with Crippen molar-refractivity contribution in [3.8, 4) is 0 Å². The quantitative estimate of drug-likeness (QED) is 0.722. The van der Waals surface area contributed by atoms with E-state index in [-0.39, 0.29) is 21.9 Å². The fourth-order valence-corrected chi connectivity index (χ4v) is 3.12. The Morgan fingerprint density at radius 1 is 1.21 bits per heavy atom. The van der Waals surface area contributed by atoms with Crippen molar-refractivity contribution in [1.82, 2.24) is 4.98 Å². The third kappa shape index (κ3) is 3.99. The van der Waals surface area contributed by atoms with Gasteiger partial charge in [-0.15, -0.1) is 4.59 Å². The molecule has 0 spiro atoms. The lowest BCUT2D eigenvalue weighted by atomic mass is 10.1. The average Bonchev–Trinajstić information content (AvgIpc) is 2.71. The number of aryl methyl sites for hydroxylation is 1. The van der Waals surface area contributed by atoms with Crippen molar-refractivity contribution >= 4 is 23.3 Å². The van der Waals surface area contributed by atoms with Gasteiger partial charge in [-0.05, 0) is 31.0 Å². The number of pyridine rings is 1. The first-order valence-corrected chi connectivity index (χ1v) is 9.14. The molecule has 2 heterocycles. The molecule has 1 unspecified atom stereocenters. The number of benzene rings is 1. The summed E-state index contributed by atoms with van der Waals surface area (Å²) < 4.78 is -0.297. The Bertz CT molecular complexity index is 953. The highest BCUT2D eigenvalue weighted by Gasteiger charge is 2.43. The Kier molecular flexibility index (Phi) is 5.65. The molecule has 7 heteroatoms. The molecule has 1 amide bonds. The third-order valence-corrected chi connectivity index (χ3v) is 4.85. The van der Waals surface area contributed by atoms with Crippen molar-refractivity contribution in [3.63, 3.8) is 0 Å². The Morgan fingerprint density at radius 3 is 2.61 bits per heavy atom. The normalized spacial score (nSPS) is 19.0. The van der Waals surface area contributed by atoms with Crippen LogP contribution in [0.2, 0.25) is 0 Å².